The van der Waals surface area contributed by atoms with Crippen molar-refractivity contribution in [3.05, 3.63) is 52.0 Å². The number of hydrogen-bond acceptors (Lipinski definition) is 2. The Morgan fingerprint density at radius 3 is 2.68 bits per heavy atom. The molecule has 1 aromatic heterocycles. The van der Waals surface area contributed by atoms with Gasteiger partial charge in [-0.2, -0.15) is 11.3 Å². The minimum Gasteiger partial charge on any atom is -0.362 e. The molecule has 1 aliphatic carbocycles. The molecule has 0 aliphatic heterocycles. The first-order chi connectivity index (χ1) is 9.28. The van der Waals surface area contributed by atoms with E-state index in [1.807, 2.05) is 12.1 Å². The van der Waals surface area contributed by atoms with Crippen LogP contribution in [0.25, 0.3) is 0 Å². The second-order valence-electron chi connectivity index (χ2n) is 4.91. The quantitative estimate of drug-likeness (QED) is 0.717. The summed E-state index contributed by atoms with van der Waals surface area (Å²) in [6.07, 6.45) is 2.31. The van der Waals surface area contributed by atoms with Crippen LogP contribution in [-0.4, -0.2) is 6.04 Å². The van der Waals surface area contributed by atoms with E-state index in [9.17, 15) is 4.39 Å². The van der Waals surface area contributed by atoms with E-state index >= 15 is 0 Å². The maximum absolute atomic E-state index is 14.2. The van der Waals surface area contributed by atoms with Gasteiger partial charge in [-0.1, -0.05) is 6.07 Å². The van der Waals surface area contributed by atoms with Gasteiger partial charge in [-0.25, -0.2) is 4.39 Å². The first-order valence-electron chi connectivity index (χ1n) is 6.40. The summed E-state index contributed by atoms with van der Waals surface area (Å²) < 4.78 is 14.2. The van der Waals surface area contributed by atoms with Gasteiger partial charge in [0.05, 0.1) is 5.69 Å². The molecule has 2 aromatic rings. The van der Waals surface area contributed by atoms with Crippen LogP contribution in [0.4, 0.5) is 10.1 Å². The van der Waals surface area contributed by atoms with Gasteiger partial charge in [0, 0.05) is 18.5 Å². The smallest absolute Gasteiger partial charge is 0.146 e. The fraction of sp³-hybridized carbons (Fsp3) is 0.333. The Morgan fingerprint density at radius 1 is 1.26 bits per heavy atom. The van der Waals surface area contributed by atoms with Crippen LogP contribution in [0.15, 0.2) is 35.0 Å². The van der Waals surface area contributed by atoms with Crippen molar-refractivity contribution in [2.24, 2.45) is 0 Å². The monoisotopic (exact) mass is 295 g/mol. The molecule has 3 rings (SSSR count). The number of halogens is 2. The highest BCUT2D eigenvalue weighted by Gasteiger charge is 2.30. The van der Waals surface area contributed by atoms with E-state index in [0.717, 1.165) is 24.9 Å². The molecule has 0 unspecified atom stereocenters. The molecule has 1 nitrogen and oxygen atoms in total. The molecule has 0 amide bonds. The topological polar surface area (TPSA) is 3.24 Å². The number of rotatable bonds is 5. The Hall–Kier alpha value is -1.06. The van der Waals surface area contributed by atoms with E-state index in [2.05, 4.69) is 21.7 Å². The Bertz CT molecular complexity index is 551. The molecule has 0 saturated heterocycles. The van der Waals surface area contributed by atoms with Gasteiger partial charge >= 0.3 is 0 Å². The minimum atomic E-state index is -0.166. The Kier molecular flexibility index (Phi) is 3.76. The number of hydrogen-bond donors (Lipinski definition) is 0. The highest BCUT2D eigenvalue weighted by molar-refractivity contribution is 7.07. The molecular formula is C15H15ClFNS. The van der Waals surface area contributed by atoms with E-state index in [1.54, 1.807) is 17.4 Å². The molecule has 4 heteroatoms. The standard InChI is InChI=1S/C15H15ClFNS/c16-8-11-1-4-15(14(17)7-11)18(13-2-3-13)9-12-5-6-19-10-12/h1,4-7,10,13H,2-3,8-9H2. The van der Waals surface area contributed by atoms with Crippen molar-refractivity contribution in [2.45, 2.75) is 31.3 Å². The van der Waals surface area contributed by atoms with E-state index in [4.69, 9.17) is 11.6 Å². The van der Waals surface area contributed by atoms with Gasteiger partial charge in [0.2, 0.25) is 0 Å². The van der Waals surface area contributed by atoms with Crippen LogP contribution < -0.4 is 4.90 Å². The van der Waals surface area contributed by atoms with Crippen LogP contribution in [0.3, 0.4) is 0 Å². The fourth-order valence-electron chi connectivity index (χ4n) is 2.24. The van der Waals surface area contributed by atoms with Crippen LogP contribution in [0.2, 0.25) is 0 Å². The summed E-state index contributed by atoms with van der Waals surface area (Å²) in [5.74, 6) is 0.186. The number of alkyl halides is 1. The molecule has 0 radical (unpaired) electrons. The maximum Gasteiger partial charge on any atom is 0.146 e. The summed E-state index contributed by atoms with van der Waals surface area (Å²) in [6, 6.07) is 7.90. The third kappa shape index (κ3) is 2.93. The summed E-state index contributed by atoms with van der Waals surface area (Å²) in [5.41, 5.74) is 2.77. The summed E-state index contributed by atoms with van der Waals surface area (Å²) in [5, 5.41) is 4.19. The number of benzene rings is 1. The Balaban J connectivity index is 1.87. The molecule has 0 bridgehead atoms. The van der Waals surface area contributed by atoms with Gasteiger partial charge in [0.15, 0.2) is 0 Å². The van der Waals surface area contributed by atoms with Crippen molar-refractivity contribution in [3.8, 4) is 0 Å². The molecule has 1 heterocycles. The van der Waals surface area contributed by atoms with Crippen molar-refractivity contribution in [2.75, 3.05) is 4.90 Å². The molecule has 0 N–H and O–H groups in total. The van der Waals surface area contributed by atoms with Gasteiger partial charge < -0.3 is 4.90 Å². The zero-order valence-electron chi connectivity index (χ0n) is 10.5. The molecule has 1 aliphatic rings. The van der Waals surface area contributed by atoms with Crippen molar-refractivity contribution >= 4 is 28.6 Å². The largest absolute Gasteiger partial charge is 0.362 e. The Morgan fingerprint density at radius 2 is 2.11 bits per heavy atom. The predicted molar refractivity (Wildman–Crippen MR) is 79.5 cm³/mol. The molecule has 0 atom stereocenters. The maximum atomic E-state index is 14.2. The first-order valence-corrected chi connectivity index (χ1v) is 7.88. The minimum absolute atomic E-state index is 0.166. The zero-order valence-corrected chi connectivity index (χ0v) is 12.1. The lowest BCUT2D eigenvalue weighted by atomic mass is 10.2. The molecule has 1 fully saturated rings. The first kappa shape index (κ1) is 12.9. The number of anilines is 1. The van der Waals surface area contributed by atoms with Crippen molar-refractivity contribution < 1.29 is 4.39 Å². The number of nitrogens with zero attached hydrogens (tertiary/aromatic N) is 1. The van der Waals surface area contributed by atoms with Crippen molar-refractivity contribution in [1.29, 1.82) is 0 Å². The van der Waals surface area contributed by atoms with Crippen LogP contribution in [0, 0.1) is 5.82 Å². The summed E-state index contributed by atoms with van der Waals surface area (Å²) in [4.78, 5) is 2.18. The zero-order chi connectivity index (χ0) is 13.2. The highest BCUT2D eigenvalue weighted by atomic mass is 35.5. The Labute approximate surface area is 121 Å². The average Bonchev–Trinajstić information content (AvgIpc) is 3.14. The van der Waals surface area contributed by atoms with Gasteiger partial charge in [-0.05, 0) is 52.9 Å². The van der Waals surface area contributed by atoms with Gasteiger partial charge in [-0.3, -0.25) is 0 Å². The second-order valence-corrected chi connectivity index (χ2v) is 5.96. The summed E-state index contributed by atoms with van der Waals surface area (Å²) >= 11 is 7.42. The number of thiophene rings is 1. The van der Waals surface area contributed by atoms with Gasteiger partial charge in [0.25, 0.3) is 0 Å². The van der Waals surface area contributed by atoms with E-state index in [-0.39, 0.29) is 5.82 Å². The normalized spacial score (nSPS) is 14.6. The van der Waals surface area contributed by atoms with E-state index < -0.39 is 0 Å². The third-order valence-electron chi connectivity index (χ3n) is 3.40. The van der Waals surface area contributed by atoms with Crippen LogP contribution in [-0.2, 0) is 12.4 Å². The van der Waals surface area contributed by atoms with Crippen molar-refractivity contribution in [3.63, 3.8) is 0 Å². The average molecular weight is 296 g/mol. The van der Waals surface area contributed by atoms with Gasteiger partial charge in [-0.15, -0.1) is 11.6 Å². The lowest BCUT2D eigenvalue weighted by Crippen LogP contribution is -2.25. The summed E-state index contributed by atoms with van der Waals surface area (Å²) in [6.45, 7) is 0.783. The molecule has 19 heavy (non-hydrogen) atoms. The van der Waals surface area contributed by atoms with Crippen molar-refractivity contribution in [1.82, 2.24) is 0 Å². The molecular weight excluding hydrogens is 281 g/mol. The summed E-state index contributed by atoms with van der Waals surface area (Å²) in [7, 11) is 0. The lowest BCUT2D eigenvalue weighted by Gasteiger charge is -2.25. The molecule has 1 saturated carbocycles. The second kappa shape index (κ2) is 5.51. The lowest BCUT2D eigenvalue weighted by molar-refractivity contribution is 0.613. The van der Waals surface area contributed by atoms with E-state index in [1.165, 1.54) is 5.56 Å². The molecule has 1 aromatic carbocycles. The van der Waals surface area contributed by atoms with Crippen LogP contribution in [0.5, 0.6) is 0 Å². The van der Waals surface area contributed by atoms with E-state index in [0.29, 0.717) is 17.6 Å². The SMILES string of the molecule is Fc1cc(CCl)ccc1N(Cc1ccsc1)C1CC1. The van der Waals surface area contributed by atoms with Crippen LogP contribution in [0.1, 0.15) is 24.0 Å². The van der Waals surface area contributed by atoms with Crippen LogP contribution >= 0.6 is 22.9 Å². The molecule has 100 valence electrons. The highest BCUT2D eigenvalue weighted by Crippen LogP contribution is 2.35. The predicted octanol–water partition coefficient (Wildman–Crippen LogP) is 4.80. The fourth-order valence-corrected chi connectivity index (χ4v) is 3.07. The third-order valence-corrected chi connectivity index (χ3v) is 4.44. The molecule has 0 spiro atoms. The van der Waals surface area contributed by atoms with Gasteiger partial charge in [0.1, 0.15) is 5.82 Å².